The van der Waals surface area contributed by atoms with Gasteiger partial charge in [-0.3, -0.25) is 4.79 Å². The molecule has 0 aliphatic heterocycles. The summed E-state index contributed by atoms with van der Waals surface area (Å²) in [5, 5.41) is 2.75. The van der Waals surface area contributed by atoms with Crippen LogP contribution in [0.15, 0.2) is 6.33 Å². The maximum Gasteiger partial charge on any atom is 0.389 e. The molecule has 1 N–H and O–H groups in total. The molecule has 0 aromatic carbocycles. The smallest absolute Gasteiger partial charge is 0.349 e. The molecule has 0 saturated carbocycles. The lowest BCUT2D eigenvalue weighted by atomic mass is 10.1. The van der Waals surface area contributed by atoms with Crippen molar-refractivity contribution in [2.45, 2.75) is 65.1 Å². The Hall–Kier alpha value is -1.66. The van der Waals surface area contributed by atoms with E-state index in [-0.39, 0.29) is 24.8 Å². The van der Waals surface area contributed by atoms with Crippen LogP contribution in [0.25, 0.3) is 0 Å². The zero-order valence-electron chi connectivity index (χ0n) is 13.1. The third-order valence-electron chi connectivity index (χ3n) is 3.38. The van der Waals surface area contributed by atoms with Gasteiger partial charge >= 0.3 is 6.18 Å². The number of halogens is 3. The molecule has 1 atom stereocenters. The van der Waals surface area contributed by atoms with E-state index in [9.17, 15) is 18.0 Å². The van der Waals surface area contributed by atoms with Crippen molar-refractivity contribution in [2.75, 3.05) is 0 Å². The van der Waals surface area contributed by atoms with Gasteiger partial charge in [0.25, 0.3) is 5.91 Å². The number of nitrogens with zero attached hydrogens (tertiary/aromatic N) is 2. The van der Waals surface area contributed by atoms with E-state index in [2.05, 4.69) is 15.3 Å². The second kappa shape index (κ2) is 8.10. The number of alkyl halides is 3. The molecule has 124 valence electrons. The molecule has 0 saturated heterocycles. The number of rotatable bonds is 7. The largest absolute Gasteiger partial charge is 0.389 e. The van der Waals surface area contributed by atoms with Gasteiger partial charge in [-0.1, -0.05) is 13.8 Å². The van der Waals surface area contributed by atoms with E-state index in [1.54, 1.807) is 6.92 Å². The lowest BCUT2D eigenvalue weighted by Gasteiger charge is -2.17. The number of hydrogen-bond acceptors (Lipinski definition) is 3. The summed E-state index contributed by atoms with van der Waals surface area (Å²) < 4.78 is 36.4. The molecule has 0 aliphatic rings. The molecule has 0 radical (unpaired) electrons. The molecule has 0 aliphatic carbocycles. The molecule has 1 unspecified atom stereocenters. The van der Waals surface area contributed by atoms with Crippen molar-refractivity contribution >= 4 is 5.91 Å². The van der Waals surface area contributed by atoms with Crippen LogP contribution in [-0.4, -0.2) is 28.1 Å². The number of carbonyl (C=O) groups excluding carboxylic acids is 1. The Bertz CT molecular complexity index is 481. The quantitative estimate of drug-likeness (QED) is 0.838. The van der Waals surface area contributed by atoms with Gasteiger partial charge in [-0.15, -0.1) is 0 Å². The highest BCUT2D eigenvalue weighted by molar-refractivity contribution is 5.96. The number of nitrogens with one attached hydrogen (secondary N) is 1. The molecule has 22 heavy (non-hydrogen) atoms. The fourth-order valence-electron chi connectivity index (χ4n) is 2.24. The molecule has 0 fully saturated rings. The molecule has 1 aromatic heterocycles. The van der Waals surface area contributed by atoms with Crippen LogP contribution >= 0.6 is 0 Å². The monoisotopic (exact) mass is 317 g/mol. The molecule has 0 bridgehead atoms. The van der Waals surface area contributed by atoms with E-state index in [0.717, 1.165) is 0 Å². The van der Waals surface area contributed by atoms with Crippen LogP contribution in [0.5, 0.6) is 0 Å². The fraction of sp³-hybridized carbons (Fsp3) is 0.667. The summed E-state index contributed by atoms with van der Waals surface area (Å²) >= 11 is 0. The Kier molecular flexibility index (Phi) is 6.77. The van der Waals surface area contributed by atoms with Crippen LogP contribution in [0.1, 0.15) is 61.8 Å². The summed E-state index contributed by atoms with van der Waals surface area (Å²) in [5.41, 5.74) is 1.77. The molecule has 0 spiro atoms. The normalized spacial score (nSPS) is 13.0. The van der Waals surface area contributed by atoms with Crippen LogP contribution in [0.4, 0.5) is 13.2 Å². The zero-order valence-corrected chi connectivity index (χ0v) is 13.1. The topological polar surface area (TPSA) is 54.9 Å². The van der Waals surface area contributed by atoms with Crippen molar-refractivity contribution in [3.63, 3.8) is 0 Å². The van der Waals surface area contributed by atoms with Crippen LogP contribution in [0, 0.1) is 0 Å². The highest BCUT2D eigenvalue weighted by atomic mass is 19.4. The van der Waals surface area contributed by atoms with E-state index >= 15 is 0 Å². The van der Waals surface area contributed by atoms with Crippen molar-refractivity contribution < 1.29 is 18.0 Å². The molecule has 1 heterocycles. The van der Waals surface area contributed by atoms with Crippen molar-refractivity contribution in [3.05, 3.63) is 23.3 Å². The molecule has 1 aromatic rings. The lowest BCUT2D eigenvalue weighted by Crippen LogP contribution is -2.34. The van der Waals surface area contributed by atoms with Crippen molar-refractivity contribution in [1.29, 1.82) is 0 Å². The summed E-state index contributed by atoms with van der Waals surface area (Å²) in [6, 6.07) is -0.329. The van der Waals surface area contributed by atoms with Crippen molar-refractivity contribution in [3.8, 4) is 0 Å². The molecular weight excluding hydrogens is 295 g/mol. The average Bonchev–Trinajstić information content (AvgIpc) is 2.44. The maximum absolute atomic E-state index is 12.4. The third-order valence-corrected chi connectivity index (χ3v) is 3.38. The lowest BCUT2D eigenvalue weighted by molar-refractivity contribution is -0.135. The van der Waals surface area contributed by atoms with Gasteiger partial charge in [0.2, 0.25) is 0 Å². The van der Waals surface area contributed by atoms with E-state index in [1.165, 1.54) is 6.33 Å². The first-order chi connectivity index (χ1) is 10.3. The molecular formula is C15H22F3N3O. The number of carbonyl (C=O) groups is 1. The van der Waals surface area contributed by atoms with Crippen molar-refractivity contribution in [1.82, 2.24) is 15.3 Å². The summed E-state index contributed by atoms with van der Waals surface area (Å²) in [4.78, 5) is 20.6. The Labute approximate surface area is 128 Å². The van der Waals surface area contributed by atoms with Crippen LogP contribution in [0.2, 0.25) is 0 Å². The van der Waals surface area contributed by atoms with Gasteiger partial charge in [-0.2, -0.15) is 13.2 Å². The molecule has 1 rings (SSSR count). The van der Waals surface area contributed by atoms with Crippen LogP contribution < -0.4 is 5.32 Å². The maximum atomic E-state index is 12.4. The van der Waals surface area contributed by atoms with Gasteiger partial charge in [0, 0.05) is 12.5 Å². The predicted octanol–water partition coefficient (Wildman–Crippen LogP) is 3.45. The van der Waals surface area contributed by atoms with E-state index < -0.39 is 12.6 Å². The summed E-state index contributed by atoms with van der Waals surface area (Å²) in [5.74, 6) is -0.311. The predicted molar refractivity (Wildman–Crippen MR) is 77.6 cm³/mol. The van der Waals surface area contributed by atoms with Gasteiger partial charge in [-0.25, -0.2) is 9.97 Å². The Morgan fingerprint density at radius 3 is 2.23 bits per heavy atom. The van der Waals surface area contributed by atoms with Gasteiger partial charge in [-0.05, 0) is 32.6 Å². The second-order valence-corrected chi connectivity index (χ2v) is 5.23. The number of hydrogen-bond donors (Lipinski definition) is 1. The first kappa shape index (κ1) is 18.4. The zero-order chi connectivity index (χ0) is 16.8. The van der Waals surface area contributed by atoms with Crippen LogP contribution in [-0.2, 0) is 12.8 Å². The Balaban J connectivity index is 2.69. The molecule has 1 amide bonds. The van der Waals surface area contributed by atoms with E-state index in [4.69, 9.17) is 0 Å². The minimum Gasteiger partial charge on any atom is -0.349 e. The minimum absolute atomic E-state index is 0.00247. The molecule has 7 heteroatoms. The van der Waals surface area contributed by atoms with E-state index in [0.29, 0.717) is 29.8 Å². The van der Waals surface area contributed by atoms with Crippen LogP contribution in [0.3, 0.4) is 0 Å². The summed E-state index contributed by atoms with van der Waals surface area (Å²) in [7, 11) is 0. The van der Waals surface area contributed by atoms with Gasteiger partial charge in [0.05, 0.1) is 17.0 Å². The van der Waals surface area contributed by atoms with E-state index in [1.807, 2.05) is 13.8 Å². The van der Waals surface area contributed by atoms with Gasteiger partial charge in [0.1, 0.15) is 6.33 Å². The highest BCUT2D eigenvalue weighted by Gasteiger charge is 2.26. The fourth-order valence-corrected chi connectivity index (χ4v) is 2.24. The summed E-state index contributed by atoms with van der Waals surface area (Å²) in [6.45, 7) is 5.49. The third kappa shape index (κ3) is 5.61. The number of aromatic nitrogens is 2. The minimum atomic E-state index is -4.15. The second-order valence-electron chi connectivity index (χ2n) is 5.23. The molecule has 4 nitrogen and oxygen atoms in total. The summed E-state index contributed by atoms with van der Waals surface area (Å²) in [6.07, 6.45) is -2.08. The Morgan fingerprint density at radius 1 is 1.23 bits per heavy atom. The SMILES string of the molecule is CCc1ncnc(CC)c1C(=O)NC(C)CCCC(F)(F)F. The van der Waals surface area contributed by atoms with Crippen molar-refractivity contribution in [2.24, 2.45) is 0 Å². The average molecular weight is 317 g/mol. The van der Waals surface area contributed by atoms with Gasteiger partial charge < -0.3 is 5.32 Å². The Morgan fingerprint density at radius 2 is 1.77 bits per heavy atom. The highest BCUT2D eigenvalue weighted by Crippen LogP contribution is 2.22. The first-order valence-electron chi connectivity index (χ1n) is 7.48. The first-order valence-corrected chi connectivity index (χ1v) is 7.48. The van der Waals surface area contributed by atoms with Gasteiger partial charge in [0.15, 0.2) is 0 Å². The standard InChI is InChI=1S/C15H22F3N3O/c1-4-11-13(12(5-2)20-9-19-11)14(22)21-10(3)7-6-8-15(16,17)18/h9-10H,4-8H2,1-3H3,(H,21,22). The number of amides is 1. The number of aryl methyl sites for hydroxylation is 2.